The summed E-state index contributed by atoms with van der Waals surface area (Å²) in [5.74, 6) is 0.0984. The lowest BCUT2D eigenvalue weighted by Gasteiger charge is -2.42. The van der Waals surface area contributed by atoms with Crippen molar-refractivity contribution >= 4 is 5.78 Å². The third kappa shape index (κ3) is 6.36. The van der Waals surface area contributed by atoms with Gasteiger partial charge in [-0.15, -0.1) is 6.58 Å². The molecule has 1 nitrogen and oxygen atoms in total. The minimum absolute atomic E-state index is 0.0984. The van der Waals surface area contributed by atoms with Crippen molar-refractivity contribution in [1.29, 1.82) is 0 Å². The van der Waals surface area contributed by atoms with E-state index in [0.717, 1.165) is 24.0 Å². The first-order chi connectivity index (χ1) is 18.9. The Balaban J connectivity index is 0.000000210. The zero-order valence-corrected chi connectivity index (χ0v) is 25.2. The first-order valence-electron chi connectivity index (χ1n) is 14.4. The molecule has 0 saturated carbocycles. The highest BCUT2D eigenvalue weighted by Gasteiger charge is 2.37. The minimum atomic E-state index is 0.0984. The van der Waals surface area contributed by atoms with Crippen LogP contribution in [0.4, 0.5) is 0 Å². The van der Waals surface area contributed by atoms with Crippen molar-refractivity contribution < 1.29 is 4.79 Å². The van der Waals surface area contributed by atoms with E-state index in [1.165, 1.54) is 57.4 Å². The van der Waals surface area contributed by atoms with Crippen LogP contribution in [0.1, 0.15) is 75.3 Å². The van der Waals surface area contributed by atoms with Gasteiger partial charge in [0.15, 0.2) is 5.78 Å². The van der Waals surface area contributed by atoms with Crippen molar-refractivity contribution in [3.8, 4) is 11.1 Å². The molecule has 0 aliphatic heterocycles. The molecule has 0 aromatic heterocycles. The molecule has 1 heteroatoms. The maximum absolute atomic E-state index is 11.7. The molecule has 2 aliphatic rings. The maximum atomic E-state index is 11.7. The third-order valence-corrected chi connectivity index (χ3v) is 8.65. The van der Waals surface area contributed by atoms with Crippen LogP contribution in [-0.2, 0) is 28.5 Å². The monoisotopic (exact) mass is 528 g/mol. The van der Waals surface area contributed by atoms with Crippen LogP contribution in [0.15, 0.2) is 115 Å². The first-order valence-corrected chi connectivity index (χ1v) is 14.4. The van der Waals surface area contributed by atoms with Gasteiger partial charge in [0.05, 0.1) is 0 Å². The quantitative estimate of drug-likeness (QED) is 0.291. The number of Topliss-reactive ketones (excluding diaryl/α,β-unsaturated/α-hetero) is 1. The summed E-state index contributed by atoms with van der Waals surface area (Å²) < 4.78 is 0. The number of aryl methyl sites for hydroxylation is 1. The number of carbonyl (C=O) groups excluding carboxylic acids is 1. The standard InChI is InChI=1S/C24H30O.C15H14/c1-15-12-21-22(24(6,7)11-10-23(21,4)5)14-19(15)13-18-8-9-20(16(18)2)17(3)25;1-2-7-13-8-6-11-15(12-13)14-9-4-3-5-10-14/h8-9,12,14H,2,10-11,13H2,1,3-7H3;2-6,8-12H,1,7H2. The zero-order valence-electron chi connectivity index (χ0n) is 25.2. The van der Waals surface area contributed by atoms with E-state index < -0.39 is 0 Å². The Hall–Kier alpha value is -3.71. The van der Waals surface area contributed by atoms with Gasteiger partial charge in [-0.25, -0.2) is 0 Å². The normalized spacial score (nSPS) is 16.7. The molecule has 3 aromatic carbocycles. The average molecular weight is 529 g/mol. The summed E-state index contributed by atoms with van der Waals surface area (Å²) in [6.07, 6.45) is 10.2. The van der Waals surface area contributed by atoms with Crippen LogP contribution in [0, 0.1) is 6.92 Å². The van der Waals surface area contributed by atoms with Gasteiger partial charge in [-0.1, -0.05) is 119 Å². The average Bonchev–Trinajstić information content (AvgIpc) is 3.29. The van der Waals surface area contributed by atoms with Gasteiger partial charge in [-0.3, -0.25) is 4.79 Å². The van der Waals surface area contributed by atoms with Gasteiger partial charge in [-0.05, 0) is 100 Å². The van der Waals surface area contributed by atoms with E-state index in [1.807, 2.05) is 18.2 Å². The van der Waals surface area contributed by atoms with Gasteiger partial charge < -0.3 is 0 Å². The first kappa shape index (κ1) is 29.3. The molecule has 0 radical (unpaired) electrons. The van der Waals surface area contributed by atoms with Crippen LogP contribution in [0.5, 0.6) is 0 Å². The predicted octanol–water partition coefficient (Wildman–Crippen LogP) is 9.98. The summed E-state index contributed by atoms with van der Waals surface area (Å²) in [5, 5.41) is 0. The largest absolute Gasteiger partial charge is 0.294 e. The lowest BCUT2D eigenvalue weighted by Crippen LogP contribution is -2.34. The molecule has 0 amide bonds. The van der Waals surface area contributed by atoms with Gasteiger partial charge in [0.25, 0.3) is 0 Å². The molecule has 0 spiro atoms. The SMILES string of the molecule is C=C1C(Cc2cc3c(cc2C)C(C)(C)CCC3(C)C)=CC=C1C(C)=O.C=CCc1cccc(-c2ccccc2)c1. The zero-order chi connectivity index (χ0) is 29.1. The van der Waals surface area contributed by atoms with Crippen molar-refractivity contribution in [3.05, 3.63) is 143 Å². The van der Waals surface area contributed by atoms with Crippen LogP contribution in [0.2, 0.25) is 0 Å². The molecule has 0 heterocycles. The molecule has 206 valence electrons. The molecule has 0 saturated heterocycles. The van der Waals surface area contributed by atoms with Crippen LogP contribution in [0.3, 0.4) is 0 Å². The number of carbonyl (C=O) groups is 1. The summed E-state index contributed by atoms with van der Waals surface area (Å²) in [7, 11) is 0. The molecule has 0 bridgehead atoms. The Kier molecular flexibility index (Phi) is 8.64. The topological polar surface area (TPSA) is 17.1 Å². The van der Waals surface area contributed by atoms with Gasteiger partial charge in [0, 0.05) is 5.57 Å². The molecule has 0 N–H and O–H groups in total. The summed E-state index contributed by atoms with van der Waals surface area (Å²) in [6, 6.07) is 23.9. The number of rotatable bonds is 6. The fourth-order valence-corrected chi connectivity index (χ4v) is 5.89. The second kappa shape index (κ2) is 11.8. The number of hydrogen-bond acceptors (Lipinski definition) is 1. The fraction of sp³-hybridized carbons (Fsp3) is 0.308. The van der Waals surface area contributed by atoms with Crippen LogP contribution < -0.4 is 0 Å². The van der Waals surface area contributed by atoms with Gasteiger partial charge in [-0.2, -0.15) is 0 Å². The number of fused-ring (bicyclic) bond motifs is 1. The highest BCUT2D eigenvalue weighted by Crippen LogP contribution is 2.47. The number of ketones is 1. The molecule has 3 aromatic rings. The third-order valence-electron chi connectivity index (χ3n) is 8.65. The molecule has 0 unspecified atom stereocenters. The van der Waals surface area contributed by atoms with Crippen molar-refractivity contribution in [2.45, 2.75) is 78.1 Å². The van der Waals surface area contributed by atoms with Crippen molar-refractivity contribution in [1.82, 2.24) is 0 Å². The second-order valence-corrected chi connectivity index (χ2v) is 12.6. The van der Waals surface area contributed by atoms with Crippen molar-refractivity contribution in [2.24, 2.45) is 0 Å². The summed E-state index contributed by atoms with van der Waals surface area (Å²) in [5.41, 5.74) is 12.8. The minimum Gasteiger partial charge on any atom is -0.294 e. The Morgan fingerprint density at radius 3 is 2.08 bits per heavy atom. The maximum Gasteiger partial charge on any atom is 0.160 e. The van der Waals surface area contributed by atoms with E-state index in [1.54, 1.807) is 6.92 Å². The Bertz CT molecular complexity index is 1490. The van der Waals surface area contributed by atoms with E-state index in [-0.39, 0.29) is 16.6 Å². The van der Waals surface area contributed by atoms with Crippen molar-refractivity contribution in [2.75, 3.05) is 0 Å². The van der Waals surface area contributed by atoms with Crippen LogP contribution >= 0.6 is 0 Å². The smallest absolute Gasteiger partial charge is 0.160 e. The molecular formula is C39H44O. The summed E-state index contributed by atoms with van der Waals surface area (Å²) in [6.45, 7) is 21.2. The lowest BCUT2D eigenvalue weighted by molar-refractivity contribution is -0.113. The molecule has 5 rings (SSSR count). The molecule has 0 atom stereocenters. The Labute approximate surface area is 242 Å². The number of hydrogen-bond donors (Lipinski definition) is 0. The highest BCUT2D eigenvalue weighted by atomic mass is 16.1. The molecular weight excluding hydrogens is 484 g/mol. The summed E-state index contributed by atoms with van der Waals surface area (Å²) >= 11 is 0. The fourth-order valence-electron chi connectivity index (χ4n) is 5.89. The predicted molar refractivity (Wildman–Crippen MR) is 172 cm³/mol. The van der Waals surface area contributed by atoms with E-state index >= 15 is 0 Å². The van der Waals surface area contributed by atoms with E-state index in [9.17, 15) is 4.79 Å². The molecule has 2 aliphatic carbocycles. The number of benzene rings is 3. The highest BCUT2D eigenvalue weighted by molar-refractivity contribution is 6.00. The number of allylic oxidation sites excluding steroid dienone is 6. The van der Waals surface area contributed by atoms with E-state index in [0.29, 0.717) is 0 Å². The van der Waals surface area contributed by atoms with E-state index in [4.69, 9.17) is 0 Å². The van der Waals surface area contributed by atoms with Crippen LogP contribution in [-0.4, -0.2) is 5.78 Å². The molecule has 40 heavy (non-hydrogen) atoms. The molecule has 0 fully saturated rings. The Morgan fingerprint density at radius 1 is 0.850 bits per heavy atom. The van der Waals surface area contributed by atoms with E-state index in [2.05, 4.69) is 115 Å². The second-order valence-electron chi connectivity index (χ2n) is 12.6. The Morgan fingerprint density at radius 2 is 1.48 bits per heavy atom. The van der Waals surface area contributed by atoms with Gasteiger partial charge in [0.1, 0.15) is 0 Å². The summed E-state index contributed by atoms with van der Waals surface area (Å²) in [4.78, 5) is 11.7. The lowest BCUT2D eigenvalue weighted by atomic mass is 9.62. The van der Waals surface area contributed by atoms with Gasteiger partial charge in [0.2, 0.25) is 0 Å². The van der Waals surface area contributed by atoms with Gasteiger partial charge >= 0.3 is 0 Å². The van der Waals surface area contributed by atoms with Crippen LogP contribution in [0.25, 0.3) is 11.1 Å². The van der Waals surface area contributed by atoms with Crippen molar-refractivity contribution in [3.63, 3.8) is 0 Å².